The van der Waals surface area contributed by atoms with E-state index in [1.807, 2.05) is 0 Å². The average molecular weight is 186 g/mol. The molecule has 0 aromatic rings. The molecule has 13 heavy (non-hydrogen) atoms. The molecule has 0 aliphatic carbocycles. The van der Waals surface area contributed by atoms with Crippen molar-refractivity contribution in [3.8, 4) is 0 Å². The van der Waals surface area contributed by atoms with E-state index in [1.54, 1.807) is 0 Å². The number of carboxylic acids is 1. The number of aliphatic carboxylic acids is 1. The molecule has 1 atom stereocenters. The minimum absolute atomic E-state index is 0.0486. The lowest BCUT2D eigenvalue weighted by Crippen LogP contribution is -2.33. The molecule has 72 valence electrons. The second-order valence-corrected chi connectivity index (χ2v) is 2.51. The highest BCUT2D eigenvalue weighted by Gasteiger charge is 2.26. The van der Waals surface area contributed by atoms with Gasteiger partial charge in [-0.2, -0.15) is 0 Å². The summed E-state index contributed by atoms with van der Waals surface area (Å²) in [5, 5.41) is 8.45. The summed E-state index contributed by atoms with van der Waals surface area (Å²) in [6.07, 6.45) is -1.73. The number of carboxylic acid groups (broad SMARTS) is 1. The Morgan fingerprint density at radius 2 is 1.77 bits per heavy atom. The molecule has 0 bridgehead atoms. The summed E-state index contributed by atoms with van der Waals surface area (Å²) >= 11 is 0. The number of hydrogen-bond donors (Lipinski definition) is 1. The Labute approximate surface area is 75.0 Å². The number of esters is 1. The van der Waals surface area contributed by atoms with Crippen molar-refractivity contribution in [2.75, 3.05) is 0 Å². The number of hydrogen-bond acceptors (Lipinski definition) is 4. The number of carbonyl (C=O) groups excluding carboxylic acids is 2. The Morgan fingerprint density at radius 3 is 2.00 bits per heavy atom. The maximum Gasteiger partial charge on any atom is 0.352 e. The van der Waals surface area contributed by atoms with Gasteiger partial charge in [0, 0.05) is 5.57 Å². The van der Waals surface area contributed by atoms with Gasteiger partial charge in [-0.1, -0.05) is 6.58 Å². The Kier molecular flexibility index (Phi) is 3.84. The Morgan fingerprint density at radius 1 is 1.31 bits per heavy atom. The summed E-state index contributed by atoms with van der Waals surface area (Å²) in [6.45, 7) is 5.64. The summed E-state index contributed by atoms with van der Waals surface area (Å²) in [6, 6.07) is 0. The second kappa shape index (κ2) is 4.39. The van der Waals surface area contributed by atoms with Crippen molar-refractivity contribution in [1.82, 2.24) is 0 Å². The van der Waals surface area contributed by atoms with Crippen LogP contribution >= 0.6 is 0 Å². The highest BCUT2D eigenvalue weighted by molar-refractivity contribution is 6.02. The SMILES string of the molecule is C=C(C)C(=O)OC(C(C)=O)C(=O)O. The van der Waals surface area contributed by atoms with Crippen LogP contribution in [0.5, 0.6) is 0 Å². The standard InChI is InChI=1S/C8H10O5/c1-4(2)8(12)13-6(5(3)9)7(10)11/h6H,1H2,2-3H3,(H,10,11). The van der Waals surface area contributed by atoms with Crippen LogP contribution in [-0.2, 0) is 19.1 Å². The summed E-state index contributed by atoms with van der Waals surface area (Å²) < 4.78 is 4.35. The van der Waals surface area contributed by atoms with Gasteiger partial charge in [-0.3, -0.25) is 4.79 Å². The molecule has 0 aliphatic heterocycles. The van der Waals surface area contributed by atoms with E-state index in [9.17, 15) is 14.4 Å². The zero-order valence-corrected chi connectivity index (χ0v) is 7.36. The highest BCUT2D eigenvalue weighted by atomic mass is 16.6. The van der Waals surface area contributed by atoms with Crippen molar-refractivity contribution < 1.29 is 24.2 Å². The molecule has 0 rings (SSSR count). The number of ether oxygens (including phenoxy) is 1. The third-order valence-corrected chi connectivity index (χ3v) is 1.17. The zero-order chi connectivity index (χ0) is 10.6. The van der Waals surface area contributed by atoms with Crippen LogP contribution in [0.4, 0.5) is 0 Å². The first kappa shape index (κ1) is 11.4. The first-order valence-corrected chi connectivity index (χ1v) is 3.46. The van der Waals surface area contributed by atoms with Gasteiger partial charge in [-0.25, -0.2) is 9.59 Å². The number of ketones is 1. The van der Waals surface area contributed by atoms with Crippen LogP contribution in [0.2, 0.25) is 0 Å². The van der Waals surface area contributed by atoms with E-state index in [0.717, 1.165) is 6.92 Å². The van der Waals surface area contributed by atoms with Crippen LogP contribution in [0.15, 0.2) is 12.2 Å². The fourth-order valence-electron chi connectivity index (χ4n) is 0.515. The first-order valence-electron chi connectivity index (χ1n) is 3.46. The van der Waals surface area contributed by atoms with Gasteiger partial charge in [0.25, 0.3) is 6.10 Å². The van der Waals surface area contributed by atoms with Crippen LogP contribution in [0.25, 0.3) is 0 Å². The molecule has 0 radical (unpaired) electrons. The van der Waals surface area contributed by atoms with Gasteiger partial charge in [0.1, 0.15) is 0 Å². The van der Waals surface area contributed by atoms with Gasteiger partial charge in [-0.05, 0) is 13.8 Å². The van der Waals surface area contributed by atoms with Gasteiger partial charge in [0.2, 0.25) is 0 Å². The number of rotatable bonds is 4. The van der Waals surface area contributed by atoms with Gasteiger partial charge < -0.3 is 9.84 Å². The number of Topliss-reactive ketones (excluding diaryl/α,β-unsaturated/α-hetero) is 1. The van der Waals surface area contributed by atoms with Gasteiger partial charge in [0.05, 0.1) is 0 Å². The minimum Gasteiger partial charge on any atom is -0.478 e. The summed E-state index contributed by atoms with van der Waals surface area (Å²) in [5.41, 5.74) is 0.0486. The lowest BCUT2D eigenvalue weighted by Gasteiger charge is -2.09. The fraction of sp³-hybridized carbons (Fsp3) is 0.375. The summed E-state index contributed by atoms with van der Waals surface area (Å²) in [7, 11) is 0. The molecule has 0 fully saturated rings. The van der Waals surface area contributed by atoms with Gasteiger partial charge >= 0.3 is 11.9 Å². The Hall–Kier alpha value is -1.65. The van der Waals surface area contributed by atoms with Crippen LogP contribution in [-0.4, -0.2) is 28.9 Å². The third-order valence-electron chi connectivity index (χ3n) is 1.17. The topological polar surface area (TPSA) is 80.7 Å². The molecule has 5 nitrogen and oxygen atoms in total. The van der Waals surface area contributed by atoms with E-state index >= 15 is 0 Å². The molecule has 0 amide bonds. The number of carbonyl (C=O) groups is 3. The largest absolute Gasteiger partial charge is 0.478 e. The van der Waals surface area contributed by atoms with Crippen molar-refractivity contribution in [3.63, 3.8) is 0 Å². The van der Waals surface area contributed by atoms with Gasteiger partial charge in [0.15, 0.2) is 5.78 Å². The molecule has 0 aliphatic rings. The molecule has 0 aromatic heterocycles. The van der Waals surface area contributed by atoms with E-state index in [-0.39, 0.29) is 5.57 Å². The summed E-state index contributed by atoms with van der Waals surface area (Å²) in [4.78, 5) is 31.9. The Bertz CT molecular complexity index is 252. The van der Waals surface area contributed by atoms with E-state index < -0.39 is 23.8 Å². The lowest BCUT2D eigenvalue weighted by molar-refractivity contribution is -0.165. The van der Waals surface area contributed by atoms with Crippen LogP contribution < -0.4 is 0 Å². The fourth-order valence-corrected chi connectivity index (χ4v) is 0.515. The average Bonchev–Trinajstić information content (AvgIpc) is 1.97. The molecule has 0 saturated carbocycles. The molecule has 0 heterocycles. The third kappa shape index (κ3) is 3.50. The quantitative estimate of drug-likeness (QED) is 0.384. The van der Waals surface area contributed by atoms with Crippen molar-refractivity contribution >= 4 is 17.7 Å². The zero-order valence-electron chi connectivity index (χ0n) is 7.36. The monoisotopic (exact) mass is 186 g/mol. The normalized spacial score (nSPS) is 11.5. The molecule has 1 unspecified atom stereocenters. The predicted octanol–water partition coefficient (Wildman–Crippen LogP) is 0.148. The van der Waals surface area contributed by atoms with Crippen molar-refractivity contribution in [1.29, 1.82) is 0 Å². The molecule has 0 saturated heterocycles. The minimum atomic E-state index is -1.73. The second-order valence-electron chi connectivity index (χ2n) is 2.51. The van der Waals surface area contributed by atoms with Crippen molar-refractivity contribution in [3.05, 3.63) is 12.2 Å². The maximum absolute atomic E-state index is 10.8. The van der Waals surface area contributed by atoms with E-state index in [1.165, 1.54) is 6.92 Å². The molecular weight excluding hydrogens is 176 g/mol. The Balaban J connectivity index is 4.45. The predicted molar refractivity (Wildman–Crippen MR) is 43.0 cm³/mol. The molecule has 0 spiro atoms. The van der Waals surface area contributed by atoms with E-state index in [0.29, 0.717) is 0 Å². The molecule has 5 heteroatoms. The van der Waals surface area contributed by atoms with Gasteiger partial charge in [-0.15, -0.1) is 0 Å². The molecular formula is C8H10O5. The van der Waals surface area contributed by atoms with Crippen LogP contribution in [0.3, 0.4) is 0 Å². The molecule has 0 aromatic carbocycles. The van der Waals surface area contributed by atoms with E-state index in [2.05, 4.69) is 11.3 Å². The molecule has 1 N–H and O–H groups in total. The highest BCUT2D eigenvalue weighted by Crippen LogP contribution is 2.00. The van der Waals surface area contributed by atoms with Crippen molar-refractivity contribution in [2.45, 2.75) is 20.0 Å². The first-order chi connectivity index (χ1) is 5.86. The summed E-state index contributed by atoms with van der Waals surface area (Å²) in [5.74, 6) is -3.10. The van der Waals surface area contributed by atoms with Crippen LogP contribution in [0.1, 0.15) is 13.8 Å². The lowest BCUT2D eigenvalue weighted by atomic mass is 10.2. The van der Waals surface area contributed by atoms with E-state index in [4.69, 9.17) is 5.11 Å². The van der Waals surface area contributed by atoms with Crippen LogP contribution in [0, 0.1) is 0 Å². The van der Waals surface area contributed by atoms with Crippen molar-refractivity contribution in [2.24, 2.45) is 0 Å². The smallest absolute Gasteiger partial charge is 0.352 e. The maximum atomic E-state index is 10.8.